The Labute approximate surface area is 122 Å². The highest BCUT2D eigenvalue weighted by Gasteiger charge is 2.16. The van der Waals surface area contributed by atoms with Crippen LogP contribution in [-0.4, -0.2) is 30.6 Å². The van der Waals surface area contributed by atoms with Gasteiger partial charge in [0.2, 0.25) is 0 Å². The van der Waals surface area contributed by atoms with Crippen LogP contribution in [0.25, 0.3) is 11.3 Å². The van der Waals surface area contributed by atoms with Crippen LogP contribution in [0.2, 0.25) is 0 Å². The van der Waals surface area contributed by atoms with Crippen LogP contribution in [0.15, 0.2) is 42.5 Å². The van der Waals surface area contributed by atoms with Crippen molar-refractivity contribution >= 4 is 11.9 Å². The lowest BCUT2D eigenvalue weighted by molar-refractivity contribution is 0.0526. The first kappa shape index (κ1) is 14.7. The Hall–Kier alpha value is -2.69. The zero-order chi connectivity index (χ0) is 15.2. The number of nitrogens with zero attached hydrogens (tertiary/aromatic N) is 1. The molecule has 0 bridgehead atoms. The van der Waals surface area contributed by atoms with E-state index in [0.717, 1.165) is 5.56 Å². The van der Waals surface area contributed by atoms with E-state index in [1.165, 1.54) is 13.2 Å². The minimum absolute atomic E-state index is 0.0712. The van der Waals surface area contributed by atoms with Gasteiger partial charge < -0.3 is 9.47 Å². The van der Waals surface area contributed by atoms with E-state index in [-0.39, 0.29) is 17.9 Å². The van der Waals surface area contributed by atoms with Gasteiger partial charge >= 0.3 is 11.9 Å². The number of rotatable bonds is 4. The zero-order valence-electron chi connectivity index (χ0n) is 11.8. The van der Waals surface area contributed by atoms with Crippen LogP contribution in [0.5, 0.6) is 0 Å². The molecule has 0 unspecified atom stereocenters. The maximum absolute atomic E-state index is 11.9. The third-order valence-corrected chi connectivity index (χ3v) is 2.80. The Morgan fingerprint density at radius 1 is 1.10 bits per heavy atom. The van der Waals surface area contributed by atoms with Gasteiger partial charge in [0, 0.05) is 5.56 Å². The molecule has 108 valence electrons. The van der Waals surface area contributed by atoms with Crippen molar-refractivity contribution in [1.29, 1.82) is 0 Å². The standard InChI is InChI=1S/C16H15NO4/c1-3-21-15(18)12-9-13(11-7-5-4-6-8-11)17-14(10-12)16(19)20-2/h4-10H,3H2,1-2H3. The molecule has 0 fully saturated rings. The minimum Gasteiger partial charge on any atom is -0.464 e. The van der Waals surface area contributed by atoms with Crippen molar-refractivity contribution in [2.75, 3.05) is 13.7 Å². The van der Waals surface area contributed by atoms with Crippen LogP contribution in [0.1, 0.15) is 27.8 Å². The first-order chi connectivity index (χ1) is 10.2. The number of pyridine rings is 1. The number of hydrogen-bond acceptors (Lipinski definition) is 5. The fourth-order valence-corrected chi connectivity index (χ4v) is 1.83. The van der Waals surface area contributed by atoms with Crippen molar-refractivity contribution in [2.45, 2.75) is 6.92 Å². The molecule has 1 aromatic carbocycles. The first-order valence-corrected chi connectivity index (χ1v) is 6.48. The van der Waals surface area contributed by atoms with E-state index in [4.69, 9.17) is 4.74 Å². The van der Waals surface area contributed by atoms with Crippen molar-refractivity contribution in [1.82, 2.24) is 4.98 Å². The Balaban J connectivity index is 2.52. The third-order valence-electron chi connectivity index (χ3n) is 2.80. The molecule has 0 amide bonds. The maximum Gasteiger partial charge on any atom is 0.356 e. The fraction of sp³-hybridized carbons (Fsp3) is 0.188. The molecule has 0 aliphatic carbocycles. The van der Waals surface area contributed by atoms with Crippen LogP contribution in [0.4, 0.5) is 0 Å². The summed E-state index contributed by atoms with van der Waals surface area (Å²) < 4.78 is 9.64. The van der Waals surface area contributed by atoms with Crippen LogP contribution >= 0.6 is 0 Å². The molecule has 5 nitrogen and oxygen atoms in total. The second-order valence-corrected chi connectivity index (χ2v) is 4.20. The molecule has 21 heavy (non-hydrogen) atoms. The molecule has 0 aliphatic rings. The second kappa shape index (κ2) is 6.65. The molecule has 2 aromatic rings. The topological polar surface area (TPSA) is 65.5 Å². The van der Waals surface area contributed by atoms with E-state index in [1.54, 1.807) is 13.0 Å². The fourth-order valence-electron chi connectivity index (χ4n) is 1.83. The molecule has 2 rings (SSSR count). The van der Waals surface area contributed by atoms with Crippen molar-refractivity contribution in [3.8, 4) is 11.3 Å². The number of aromatic nitrogens is 1. The van der Waals surface area contributed by atoms with E-state index in [0.29, 0.717) is 5.69 Å². The van der Waals surface area contributed by atoms with Gasteiger partial charge in [0.05, 0.1) is 25.0 Å². The van der Waals surface area contributed by atoms with Gasteiger partial charge in [-0.3, -0.25) is 0 Å². The Bertz CT molecular complexity index is 653. The molecule has 0 saturated heterocycles. The summed E-state index contributed by atoms with van der Waals surface area (Å²) in [7, 11) is 1.27. The minimum atomic E-state index is -0.599. The Kier molecular flexibility index (Phi) is 4.66. The van der Waals surface area contributed by atoms with Crippen molar-refractivity contribution in [2.24, 2.45) is 0 Å². The van der Waals surface area contributed by atoms with Crippen molar-refractivity contribution < 1.29 is 19.1 Å². The van der Waals surface area contributed by atoms with Gasteiger partial charge in [-0.1, -0.05) is 30.3 Å². The lowest BCUT2D eigenvalue weighted by Gasteiger charge is -2.08. The van der Waals surface area contributed by atoms with Gasteiger partial charge in [-0.2, -0.15) is 0 Å². The molecule has 0 radical (unpaired) electrons. The van der Waals surface area contributed by atoms with Crippen LogP contribution in [0, 0.1) is 0 Å². The van der Waals surface area contributed by atoms with E-state index < -0.39 is 11.9 Å². The number of esters is 2. The largest absolute Gasteiger partial charge is 0.464 e. The maximum atomic E-state index is 11.9. The van der Waals surface area contributed by atoms with Crippen LogP contribution in [-0.2, 0) is 9.47 Å². The zero-order valence-corrected chi connectivity index (χ0v) is 11.8. The quantitative estimate of drug-likeness (QED) is 0.808. The lowest BCUT2D eigenvalue weighted by Crippen LogP contribution is -2.10. The number of ether oxygens (including phenoxy) is 2. The highest BCUT2D eigenvalue weighted by molar-refractivity contribution is 5.95. The summed E-state index contributed by atoms with van der Waals surface area (Å²) >= 11 is 0. The highest BCUT2D eigenvalue weighted by Crippen LogP contribution is 2.20. The molecule has 0 N–H and O–H groups in total. The summed E-state index contributed by atoms with van der Waals surface area (Å²) in [5, 5.41) is 0. The van der Waals surface area contributed by atoms with Gasteiger partial charge in [0.15, 0.2) is 0 Å². The third kappa shape index (κ3) is 3.45. The molecule has 0 saturated carbocycles. The number of carbonyl (C=O) groups excluding carboxylic acids is 2. The summed E-state index contributed by atoms with van der Waals surface area (Å²) in [5.74, 6) is -1.10. The molecule has 0 spiro atoms. The van der Waals surface area contributed by atoms with Gasteiger partial charge in [-0.25, -0.2) is 14.6 Å². The van der Waals surface area contributed by atoms with Crippen molar-refractivity contribution in [3.05, 3.63) is 53.7 Å². The van der Waals surface area contributed by atoms with E-state index >= 15 is 0 Å². The summed E-state index contributed by atoms with van der Waals surface area (Å²) in [6.07, 6.45) is 0. The predicted octanol–water partition coefficient (Wildman–Crippen LogP) is 2.71. The summed E-state index contributed by atoms with van der Waals surface area (Å²) in [6.45, 7) is 1.98. The molecular formula is C16H15NO4. The lowest BCUT2D eigenvalue weighted by atomic mass is 10.1. The smallest absolute Gasteiger partial charge is 0.356 e. The van der Waals surface area contributed by atoms with E-state index in [1.807, 2.05) is 30.3 Å². The molecule has 5 heteroatoms. The second-order valence-electron chi connectivity index (χ2n) is 4.20. The Morgan fingerprint density at radius 2 is 1.81 bits per heavy atom. The summed E-state index contributed by atoms with van der Waals surface area (Å²) in [5.41, 5.74) is 1.66. The average Bonchev–Trinajstić information content (AvgIpc) is 2.54. The molecular weight excluding hydrogens is 270 g/mol. The van der Waals surface area contributed by atoms with Crippen molar-refractivity contribution in [3.63, 3.8) is 0 Å². The monoisotopic (exact) mass is 285 g/mol. The van der Waals surface area contributed by atoms with Gasteiger partial charge in [-0.05, 0) is 19.1 Å². The summed E-state index contributed by atoms with van der Waals surface area (Å²) in [6, 6.07) is 12.2. The summed E-state index contributed by atoms with van der Waals surface area (Å²) in [4.78, 5) is 27.8. The number of benzene rings is 1. The highest BCUT2D eigenvalue weighted by atomic mass is 16.5. The van der Waals surface area contributed by atoms with Gasteiger partial charge in [-0.15, -0.1) is 0 Å². The number of hydrogen-bond donors (Lipinski definition) is 0. The molecule has 0 aliphatic heterocycles. The average molecular weight is 285 g/mol. The van der Waals surface area contributed by atoms with Gasteiger partial charge in [0.25, 0.3) is 0 Å². The molecule has 1 heterocycles. The number of carbonyl (C=O) groups is 2. The SMILES string of the molecule is CCOC(=O)c1cc(C(=O)OC)nc(-c2ccccc2)c1. The van der Waals surface area contributed by atoms with E-state index in [9.17, 15) is 9.59 Å². The molecule has 1 aromatic heterocycles. The van der Waals surface area contributed by atoms with Gasteiger partial charge in [0.1, 0.15) is 5.69 Å². The van der Waals surface area contributed by atoms with Crippen LogP contribution < -0.4 is 0 Å². The number of methoxy groups -OCH3 is 1. The Morgan fingerprint density at radius 3 is 2.43 bits per heavy atom. The van der Waals surface area contributed by atoms with Crippen LogP contribution in [0.3, 0.4) is 0 Å². The first-order valence-electron chi connectivity index (χ1n) is 6.48. The van der Waals surface area contributed by atoms with E-state index in [2.05, 4.69) is 9.72 Å². The predicted molar refractivity (Wildman–Crippen MR) is 77.0 cm³/mol. The normalized spacial score (nSPS) is 10.0. The molecule has 0 atom stereocenters.